The molecule has 1 saturated heterocycles. The Balaban J connectivity index is 2.22. The second kappa shape index (κ2) is 1.43. The van der Waals surface area contributed by atoms with Crippen molar-refractivity contribution < 1.29 is 4.74 Å². The lowest BCUT2D eigenvalue weighted by molar-refractivity contribution is 0.361. The van der Waals surface area contributed by atoms with Gasteiger partial charge in [-0.15, -0.1) is 0 Å². The average molecular weight is 132 g/mol. The molecule has 1 aliphatic carbocycles. The number of hydrogen-bond acceptors (Lipinski definition) is 1. The van der Waals surface area contributed by atoms with Crippen LogP contribution in [-0.2, 0) is 11.2 Å². The van der Waals surface area contributed by atoms with Gasteiger partial charge < -0.3 is 4.74 Å². The molecule has 0 bridgehead atoms. The number of hydrogen-bond donors (Lipinski definition) is 0. The van der Waals surface area contributed by atoms with E-state index in [1.54, 1.807) is 0 Å². The second-order valence-electron chi connectivity index (χ2n) is 3.00. The molecule has 2 aliphatic rings. The van der Waals surface area contributed by atoms with Gasteiger partial charge in [0.15, 0.2) is 0 Å². The first-order chi connectivity index (χ1) is 4.95. The molecular weight excluding hydrogens is 124 g/mol. The zero-order valence-electron chi connectivity index (χ0n) is 5.58. The highest BCUT2D eigenvalue weighted by molar-refractivity contribution is 5.38. The van der Waals surface area contributed by atoms with Gasteiger partial charge in [-0.25, -0.2) is 0 Å². The van der Waals surface area contributed by atoms with Crippen LogP contribution < -0.4 is 0 Å². The van der Waals surface area contributed by atoms with Crippen LogP contribution in [-0.4, -0.2) is 6.10 Å². The van der Waals surface area contributed by atoms with E-state index in [9.17, 15) is 0 Å². The first-order valence-electron chi connectivity index (χ1n) is 3.68. The van der Waals surface area contributed by atoms with Gasteiger partial charge in [0.05, 0.1) is 6.10 Å². The van der Waals surface area contributed by atoms with Crippen molar-refractivity contribution in [1.29, 1.82) is 0 Å². The summed E-state index contributed by atoms with van der Waals surface area (Å²) in [5.74, 6) is 0. The first-order valence-corrected chi connectivity index (χ1v) is 3.68. The fourth-order valence-corrected chi connectivity index (χ4v) is 1.79. The third kappa shape index (κ3) is 0.469. The SMILES string of the molecule is c1ccc2c(c1)C[C@@H]1O[C@@H]21. The summed E-state index contributed by atoms with van der Waals surface area (Å²) in [7, 11) is 0. The lowest BCUT2D eigenvalue weighted by Gasteiger charge is -1.98. The highest BCUT2D eigenvalue weighted by Gasteiger charge is 2.46. The van der Waals surface area contributed by atoms with Gasteiger partial charge in [0, 0.05) is 6.42 Å². The Hall–Kier alpha value is -0.820. The summed E-state index contributed by atoms with van der Waals surface area (Å²) in [6.07, 6.45) is 2.15. The lowest BCUT2D eigenvalue weighted by atomic mass is 10.1. The minimum absolute atomic E-state index is 0.469. The minimum atomic E-state index is 0.469. The summed E-state index contributed by atoms with van der Waals surface area (Å²) in [6.45, 7) is 0. The number of fused-ring (bicyclic) bond motifs is 3. The number of rotatable bonds is 0. The smallest absolute Gasteiger partial charge is 0.110 e. The summed E-state index contributed by atoms with van der Waals surface area (Å²) in [5.41, 5.74) is 2.91. The summed E-state index contributed by atoms with van der Waals surface area (Å²) >= 11 is 0. The molecule has 3 rings (SSSR count). The molecule has 1 aliphatic heterocycles. The van der Waals surface area contributed by atoms with Gasteiger partial charge in [-0.05, 0) is 11.1 Å². The van der Waals surface area contributed by atoms with E-state index >= 15 is 0 Å². The van der Waals surface area contributed by atoms with Crippen LogP contribution in [0.5, 0.6) is 0 Å². The molecule has 1 heterocycles. The van der Waals surface area contributed by atoms with Crippen LogP contribution in [0.4, 0.5) is 0 Å². The number of ether oxygens (including phenoxy) is 1. The van der Waals surface area contributed by atoms with Crippen LogP contribution in [0.2, 0.25) is 0 Å². The molecule has 10 heavy (non-hydrogen) atoms. The maximum absolute atomic E-state index is 5.38. The summed E-state index contributed by atoms with van der Waals surface area (Å²) in [4.78, 5) is 0. The fourth-order valence-electron chi connectivity index (χ4n) is 1.79. The molecular formula is C9H8O. The predicted molar refractivity (Wildman–Crippen MR) is 37.8 cm³/mol. The fraction of sp³-hybridized carbons (Fsp3) is 0.333. The third-order valence-corrected chi connectivity index (χ3v) is 2.37. The monoisotopic (exact) mass is 132 g/mol. The zero-order chi connectivity index (χ0) is 6.55. The Morgan fingerprint density at radius 3 is 3.10 bits per heavy atom. The van der Waals surface area contributed by atoms with Crippen molar-refractivity contribution in [3.05, 3.63) is 35.4 Å². The van der Waals surface area contributed by atoms with Crippen molar-refractivity contribution >= 4 is 0 Å². The molecule has 0 saturated carbocycles. The summed E-state index contributed by atoms with van der Waals surface area (Å²) in [5, 5.41) is 0. The van der Waals surface area contributed by atoms with E-state index in [-0.39, 0.29) is 0 Å². The van der Waals surface area contributed by atoms with E-state index in [1.165, 1.54) is 11.1 Å². The maximum atomic E-state index is 5.38. The van der Waals surface area contributed by atoms with E-state index in [4.69, 9.17) is 4.74 Å². The van der Waals surface area contributed by atoms with E-state index in [0.29, 0.717) is 12.2 Å². The van der Waals surface area contributed by atoms with Gasteiger partial charge in [-0.2, -0.15) is 0 Å². The Kier molecular flexibility index (Phi) is 0.702. The molecule has 0 radical (unpaired) electrons. The molecule has 0 N–H and O–H groups in total. The van der Waals surface area contributed by atoms with Gasteiger partial charge in [0.2, 0.25) is 0 Å². The second-order valence-corrected chi connectivity index (χ2v) is 3.00. The molecule has 1 aromatic rings. The van der Waals surface area contributed by atoms with Crippen LogP contribution in [0.25, 0.3) is 0 Å². The van der Waals surface area contributed by atoms with Gasteiger partial charge in [0.1, 0.15) is 6.10 Å². The normalized spacial score (nSPS) is 33.2. The molecule has 1 heteroatoms. The highest BCUT2D eigenvalue weighted by Crippen LogP contribution is 2.48. The Morgan fingerprint density at radius 1 is 1.30 bits per heavy atom. The van der Waals surface area contributed by atoms with Crippen molar-refractivity contribution in [2.75, 3.05) is 0 Å². The molecule has 0 spiro atoms. The van der Waals surface area contributed by atoms with E-state index in [2.05, 4.69) is 24.3 Å². The maximum Gasteiger partial charge on any atom is 0.110 e. The minimum Gasteiger partial charge on any atom is -0.364 e. The standard InChI is InChI=1S/C9H8O/c1-2-4-7-6(3-1)5-8-9(7)10-8/h1-4,8-9H,5H2/t8-,9-/m0/s1. The van der Waals surface area contributed by atoms with Crippen LogP contribution in [0.15, 0.2) is 24.3 Å². The van der Waals surface area contributed by atoms with E-state index < -0.39 is 0 Å². The molecule has 50 valence electrons. The van der Waals surface area contributed by atoms with Gasteiger partial charge in [-0.3, -0.25) is 0 Å². The van der Waals surface area contributed by atoms with Crippen LogP contribution in [0, 0.1) is 0 Å². The number of benzene rings is 1. The number of epoxide rings is 1. The van der Waals surface area contributed by atoms with Crippen molar-refractivity contribution in [1.82, 2.24) is 0 Å². The quantitative estimate of drug-likeness (QED) is 0.489. The Bertz CT molecular complexity index is 280. The van der Waals surface area contributed by atoms with E-state index in [0.717, 1.165) is 6.42 Å². The molecule has 1 fully saturated rings. The summed E-state index contributed by atoms with van der Waals surface area (Å²) in [6, 6.07) is 8.56. The zero-order valence-corrected chi connectivity index (χ0v) is 5.58. The lowest BCUT2D eigenvalue weighted by Crippen LogP contribution is -1.86. The Morgan fingerprint density at radius 2 is 2.20 bits per heavy atom. The van der Waals surface area contributed by atoms with Crippen molar-refractivity contribution in [3.8, 4) is 0 Å². The molecule has 1 nitrogen and oxygen atoms in total. The van der Waals surface area contributed by atoms with Crippen molar-refractivity contribution in [2.24, 2.45) is 0 Å². The molecule has 1 aromatic carbocycles. The Labute approximate surface area is 59.6 Å². The van der Waals surface area contributed by atoms with Crippen LogP contribution >= 0.6 is 0 Å². The van der Waals surface area contributed by atoms with Crippen LogP contribution in [0.3, 0.4) is 0 Å². The van der Waals surface area contributed by atoms with E-state index in [1.807, 2.05) is 0 Å². The largest absolute Gasteiger partial charge is 0.364 e. The van der Waals surface area contributed by atoms with Crippen molar-refractivity contribution in [2.45, 2.75) is 18.6 Å². The molecule has 0 aromatic heterocycles. The summed E-state index contributed by atoms with van der Waals surface area (Å²) < 4.78 is 5.38. The van der Waals surface area contributed by atoms with Crippen molar-refractivity contribution in [3.63, 3.8) is 0 Å². The topological polar surface area (TPSA) is 12.5 Å². The molecule has 0 amide bonds. The van der Waals surface area contributed by atoms with Crippen LogP contribution in [0.1, 0.15) is 17.2 Å². The predicted octanol–water partition coefficient (Wildman–Crippen LogP) is 1.68. The van der Waals surface area contributed by atoms with Gasteiger partial charge >= 0.3 is 0 Å². The average Bonchev–Trinajstić information content (AvgIpc) is 2.64. The first kappa shape index (κ1) is 4.91. The molecule has 2 atom stereocenters. The van der Waals surface area contributed by atoms with Gasteiger partial charge in [0.25, 0.3) is 0 Å². The van der Waals surface area contributed by atoms with Gasteiger partial charge in [-0.1, -0.05) is 24.3 Å². The molecule has 0 unspecified atom stereocenters. The third-order valence-electron chi connectivity index (χ3n) is 2.37. The highest BCUT2D eigenvalue weighted by atomic mass is 16.6.